The minimum Gasteiger partial charge on any atom is -0.248 e. The third kappa shape index (κ3) is 5.87. The van der Waals surface area contributed by atoms with Crippen molar-refractivity contribution < 1.29 is 0 Å². The minimum absolute atomic E-state index is 0.0804. The van der Waals surface area contributed by atoms with Crippen LogP contribution in [-0.4, -0.2) is 0 Å². The first-order valence-corrected chi connectivity index (χ1v) is 15.1. The summed E-state index contributed by atoms with van der Waals surface area (Å²) in [6.45, 7) is 27.6. The van der Waals surface area contributed by atoms with E-state index in [1.165, 1.54) is 55.6 Å². The van der Waals surface area contributed by atoms with Gasteiger partial charge in [0.2, 0.25) is 0 Å². The van der Waals surface area contributed by atoms with Crippen LogP contribution in [0.1, 0.15) is 105 Å². The van der Waals surface area contributed by atoms with Gasteiger partial charge in [0, 0.05) is 11.1 Å². The average Bonchev–Trinajstić information content (AvgIpc) is 3.23. The fourth-order valence-electron chi connectivity index (χ4n) is 5.51. The highest BCUT2D eigenvalue weighted by atomic mass is 14.9. The molecule has 4 aromatic rings. The van der Waals surface area contributed by atoms with Gasteiger partial charge in [-0.3, -0.25) is 0 Å². The van der Waals surface area contributed by atoms with E-state index >= 15 is 0 Å². The van der Waals surface area contributed by atoms with Gasteiger partial charge in [-0.1, -0.05) is 132 Å². The van der Waals surface area contributed by atoms with Crippen molar-refractivity contribution in [3.63, 3.8) is 0 Å². The highest BCUT2D eigenvalue weighted by molar-refractivity contribution is 5.95. The number of fused-ring (bicyclic) bond motifs is 3. The predicted octanol–water partition coefficient (Wildman–Crippen LogP) is 11.8. The Morgan fingerprint density at radius 3 is 0.902 bits per heavy atom. The molecule has 0 fully saturated rings. The van der Waals surface area contributed by atoms with Crippen molar-refractivity contribution in [1.82, 2.24) is 5.32 Å². The zero-order valence-corrected chi connectivity index (χ0v) is 27.4. The van der Waals surface area contributed by atoms with Crippen molar-refractivity contribution >= 4 is 11.4 Å². The SMILES string of the molecule is CC(C)(C)c1cc(-c2ccc3c(c2)-c2cc(-c4cc(C(C)(C)C)cc(C(C)(C)C)c4)ccc2[N]3)cc(C(C)(C)C)c1. The predicted molar refractivity (Wildman–Crippen MR) is 179 cm³/mol. The molecule has 0 spiro atoms. The Bertz CT molecular complexity index is 1430. The van der Waals surface area contributed by atoms with E-state index in [2.05, 4.69) is 156 Å². The van der Waals surface area contributed by atoms with E-state index in [4.69, 9.17) is 5.32 Å². The Labute approximate surface area is 249 Å². The van der Waals surface area contributed by atoms with E-state index in [1.807, 2.05) is 0 Å². The molecule has 1 nitrogen and oxygen atoms in total. The summed E-state index contributed by atoms with van der Waals surface area (Å²) in [4.78, 5) is 0. The number of nitrogens with zero attached hydrogens (tertiary/aromatic N) is 1. The standard InChI is InChI=1S/C40H48N/c1-37(2,3)29-17-27(18-30(23-29)38(4,5)6)25-13-15-35-33(21-25)34-22-26(14-16-36(34)41-35)28-19-31(39(7,8)9)24-32(20-28)40(10,11)12/h13-24H,1-12H3. The molecule has 0 saturated carbocycles. The molecule has 1 radical (unpaired) electrons. The maximum atomic E-state index is 5.01. The van der Waals surface area contributed by atoms with Crippen LogP contribution in [-0.2, 0) is 21.7 Å². The summed E-state index contributed by atoms with van der Waals surface area (Å²) in [5.74, 6) is 0. The van der Waals surface area contributed by atoms with Gasteiger partial charge in [-0.2, -0.15) is 0 Å². The molecule has 1 heteroatoms. The maximum Gasteiger partial charge on any atom is 0.0716 e. The average molecular weight is 543 g/mol. The van der Waals surface area contributed by atoms with Gasteiger partial charge in [0.15, 0.2) is 0 Å². The number of hydrogen-bond acceptors (Lipinski definition) is 0. The van der Waals surface area contributed by atoms with Gasteiger partial charge in [0.05, 0.1) is 11.4 Å². The van der Waals surface area contributed by atoms with Gasteiger partial charge in [-0.15, -0.1) is 0 Å². The van der Waals surface area contributed by atoms with Gasteiger partial charge in [0.25, 0.3) is 0 Å². The zero-order valence-electron chi connectivity index (χ0n) is 27.4. The molecule has 0 amide bonds. The van der Waals surface area contributed by atoms with Crippen molar-refractivity contribution in [1.29, 1.82) is 0 Å². The Hall–Kier alpha value is -3.32. The smallest absolute Gasteiger partial charge is 0.0716 e. The molecule has 1 aliphatic heterocycles. The summed E-state index contributed by atoms with van der Waals surface area (Å²) in [5, 5.41) is 5.01. The first-order valence-electron chi connectivity index (χ1n) is 15.1. The first kappa shape index (κ1) is 29.2. The Balaban J connectivity index is 1.63. The second-order valence-corrected chi connectivity index (χ2v) is 16.2. The second kappa shape index (κ2) is 9.62. The van der Waals surface area contributed by atoms with Crippen molar-refractivity contribution in [2.75, 3.05) is 0 Å². The largest absolute Gasteiger partial charge is 0.248 e. The molecule has 0 bridgehead atoms. The molecule has 0 saturated heterocycles. The summed E-state index contributed by atoms with van der Waals surface area (Å²) < 4.78 is 0. The normalized spacial score (nSPS) is 13.6. The highest BCUT2D eigenvalue weighted by Gasteiger charge is 2.25. The lowest BCUT2D eigenvalue weighted by Crippen LogP contribution is -2.16. The molecule has 4 aromatic carbocycles. The van der Waals surface area contributed by atoms with Crippen LogP contribution in [0.5, 0.6) is 0 Å². The maximum absolute atomic E-state index is 5.01. The summed E-state index contributed by atoms with van der Waals surface area (Å²) >= 11 is 0. The van der Waals surface area contributed by atoms with Crippen LogP contribution < -0.4 is 5.32 Å². The van der Waals surface area contributed by atoms with Gasteiger partial charge in [0.1, 0.15) is 0 Å². The second-order valence-electron chi connectivity index (χ2n) is 16.2. The topological polar surface area (TPSA) is 14.1 Å². The van der Waals surface area contributed by atoms with E-state index in [1.54, 1.807) is 0 Å². The van der Waals surface area contributed by atoms with Crippen LogP contribution in [0.2, 0.25) is 0 Å². The monoisotopic (exact) mass is 542 g/mol. The lowest BCUT2D eigenvalue weighted by atomic mass is 9.78. The highest BCUT2D eigenvalue weighted by Crippen LogP contribution is 2.47. The summed E-state index contributed by atoms with van der Waals surface area (Å²) in [7, 11) is 0. The molecule has 0 atom stereocenters. The number of rotatable bonds is 2. The lowest BCUT2D eigenvalue weighted by molar-refractivity contribution is 0.568. The first-order chi connectivity index (χ1) is 18.8. The van der Waals surface area contributed by atoms with Gasteiger partial charge >= 0.3 is 0 Å². The molecule has 213 valence electrons. The van der Waals surface area contributed by atoms with E-state index < -0.39 is 0 Å². The molecule has 1 heterocycles. The van der Waals surface area contributed by atoms with Gasteiger partial charge < -0.3 is 0 Å². The van der Waals surface area contributed by atoms with E-state index in [9.17, 15) is 0 Å². The molecule has 0 aliphatic carbocycles. The summed E-state index contributed by atoms with van der Waals surface area (Å²) in [5.41, 5.74) is 15.4. The molecule has 0 aromatic heterocycles. The lowest BCUT2D eigenvalue weighted by Gasteiger charge is -2.26. The third-order valence-corrected chi connectivity index (χ3v) is 8.52. The van der Waals surface area contributed by atoms with Crippen LogP contribution in [0.15, 0.2) is 72.8 Å². The van der Waals surface area contributed by atoms with Crippen molar-refractivity contribution in [3.05, 3.63) is 95.1 Å². The quantitative estimate of drug-likeness (QED) is 0.211. The molecule has 1 aliphatic rings. The van der Waals surface area contributed by atoms with E-state index in [0.29, 0.717) is 0 Å². The fourth-order valence-corrected chi connectivity index (χ4v) is 5.51. The zero-order chi connectivity index (χ0) is 30.1. The van der Waals surface area contributed by atoms with Crippen LogP contribution in [0.3, 0.4) is 0 Å². The molecule has 0 N–H and O–H groups in total. The van der Waals surface area contributed by atoms with Crippen LogP contribution in [0, 0.1) is 0 Å². The minimum atomic E-state index is 0.0804. The summed E-state index contributed by atoms with van der Waals surface area (Å²) in [6.07, 6.45) is 0. The van der Waals surface area contributed by atoms with Gasteiger partial charge in [-0.05, 0) is 90.4 Å². The third-order valence-electron chi connectivity index (χ3n) is 8.52. The van der Waals surface area contributed by atoms with Gasteiger partial charge in [-0.25, -0.2) is 5.32 Å². The Morgan fingerprint density at radius 1 is 0.341 bits per heavy atom. The van der Waals surface area contributed by atoms with Crippen LogP contribution in [0.25, 0.3) is 33.4 Å². The molecule has 0 unspecified atom stereocenters. The number of benzene rings is 4. The molecule has 5 rings (SSSR count). The van der Waals surface area contributed by atoms with E-state index in [-0.39, 0.29) is 21.7 Å². The van der Waals surface area contributed by atoms with Crippen molar-refractivity contribution in [2.45, 2.75) is 105 Å². The van der Waals surface area contributed by atoms with Crippen LogP contribution in [0.4, 0.5) is 11.4 Å². The fraction of sp³-hybridized carbons (Fsp3) is 0.400. The van der Waals surface area contributed by atoms with E-state index in [0.717, 1.165) is 11.4 Å². The Kier molecular flexibility index (Phi) is 6.85. The van der Waals surface area contributed by atoms with Crippen LogP contribution >= 0.6 is 0 Å². The van der Waals surface area contributed by atoms with Crippen molar-refractivity contribution in [3.8, 4) is 33.4 Å². The molecular formula is C40H48N. The number of hydrogen-bond donors (Lipinski definition) is 0. The molecule has 41 heavy (non-hydrogen) atoms. The summed E-state index contributed by atoms with van der Waals surface area (Å²) in [6, 6.07) is 27.9. The Morgan fingerprint density at radius 2 is 0.634 bits per heavy atom. The molecular weight excluding hydrogens is 494 g/mol. The van der Waals surface area contributed by atoms with Crippen molar-refractivity contribution in [2.24, 2.45) is 0 Å².